The number of nitrogens with zero attached hydrogens (tertiary/aromatic N) is 4. The van der Waals surface area contributed by atoms with Gasteiger partial charge in [-0.3, -0.25) is 4.98 Å². The zero-order chi connectivity index (χ0) is 14.7. The maximum Gasteiger partial charge on any atom is 0.104 e. The average Bonchev–Trinajstić information content (AvgIpc) is 2.93. The van der Waals surface area contributed by atoms with Gasteiger partial charge in [-0.1, -0.05) is 35.0 Å². The van der Waals surface area contributed by atoms with E-state index in [9.17, 15) is 0 Å². The van der Waals surface area contributed by atoms with Gasteiger partial charge >= 0.3 is 0 Å². The molecular formula is C16H17N5. The van der Waals surface area contributed by atoms with Crippen LogP contribution in [0.5, 0.6) is 0 Å². The summed E-state index contributed by atoms with van der Waals surface area (Å²) in [7, 11) is 0. The van der Waals surface area contributed by atoms with E-state index in [1.165, 1.54) is 11.1 Å². The molecule has 0 radical (unpaired) electrons. The van der Waals surface area contributed by atoms with Crippen LogP contribution < -0.4 is 5.73 Å². The lowest BCUT2D eigenvalue weighted by Crippen LogP contribution is -2.05. The number of aryl methyl sites for hydroxylation is 1. The maximum absolute atomic E-state index is 5.78. The molecule has 106 valence electrons. The lowest BCUT2D eigenvalue weighted by atomic mass is 10.1. The molecule has 1 aromatic carbocycles. The van der Waals surface area contributed by atoms with Gasteiger partial charge < -0.3 is 5.73 Å². The molecule has 0 aliphatic heterocycles. The highest BCUT2D eigenvalue weighted by Gasteiger charge is 2.13. The second kappa shape index (κ2) is 5.85. The number of hydrogen-bond acceptors (Lipinski definition) is 4. The van der Waals surface area contributed by atoms with Crippen molar-refractivity contribution in [1.29, 1.82) is 0 Å². The normalized spacial score (nSPS) is 10.8. The van der Waals surface area contributed by atoms with E-state index in [0.29, 0.717) is 13.1 Å². The third-order valence-corrected chi connectivity index (χ3v) is 3.40. The molecule has 0 aliphatic rings. The van der Waals surface area contributed by atoms with Crippen molar-refractivity contribution in [1.82, 2.24) is 20.0 Å². The smallest absolute Gasteiger partial charge is 0.104 e. The first kappa shape index (κ1) is 13.5. The number of pyridine rings is 1. The Morgan fingerprint density at radius 2 is 1.76 bits per heavy atom. The van der Waals surface area contributed by atoms with Crippen molar-refractivity contribution < 1.29 is 0 Å². The van der Waals surface area contributed by atoms with E-state index >= 15 is 0 Å². The van der Waals surface area contributed by atoms with Crippen LogP contribution in [0.15, 0.2) is 48.8 Å². The van der Waals surface area contributed by atoms with E-state index in [4.69, 9.17) is 5.73 Å². The number of aromatic nitrogens is 4. The van der Waals surface area contributed by atoms with Crippen molar-refractivity contribution >= 4 is 0 Å². The van der Waals surface area contributed by atoms with Crippen molar-refractivity contribution in [3.8, 4) is 11.3 Å². The summed E-state index contributed by atoms with van der Waals surface area (Å²) in [4.78, 5) is 4.05. The van der Waals surface area contributed by atoms with Gasteiger partial charge in [0.25, 0.3) is 0 Å². The SMILES string of the molecule is Cc1ccc(Cn2nnc(CN)c2-c2ccncc2)cc1. The van der Waals surface area contributed by atoms with Crippen molar-refractivity contribution in [2.24, 2.45) is 5.73 Å². The fourth-order valence-corrected chi connectivity index (χ4v) is 2.29. The quantitative estimate of drug-likeness (QED) is 0.794. The van der Waals surface area contributed by atoms with Gasteiger partial charge in [0.2, 0.25) is 0 Å². The zero-order valence-corrected chi connectivity index (χ0v) is 11.9. The number of nitrogens with two attached hydrogens (primary N) is 1. The molecule has 5 heteroatoms. The molecule has 0 saturated heterocycles. The average molecular weight is 279 g/mol. The standard InChI is InChI=1S/C16H17N5/c1-12-2-4-13(5-3-12)11-21-16(15(10-17)19-20-21)14-6-8-18-9-7-14/h2-9H,10-11,17H2,1H3. The topological polar surface area (TPSA) is 69.6 Å². The molecule has 5 nitrogen and oxygen atoms in total. The molecule has 3 rings (SSSR count). The third kappa shape index (κ3) is 2.83. The Morgan fingerprint density at radius 3 is 2.43 bits per heavy atom. The van der Waals surface area contributed by atoms with Gasteiger partial charge in [0.05, 0.1) is 12.2 Å². The van der Waals surface area contributed by atoms with Crippen LogP contribution in [0.2, 0.25) is 0 Å². The van der Waals surface area contributed by atoms with E-state index in [-0.39, 0.29) is 0 Å². The summed E-state index contributed by atoms with van der Waals surface area (Å²) in [5.74, 6) is 0. The third-order valence-electron chi connectivity index (χ3n) is 3.40. The zero-order valence-electron chi connectivity index (χ0n) is 11.9. The fourth-order valence-electron chi connectivity index (χ4n) is 2.29. The summed E-state index contributed by atoms with van der Waals surface area (Å²) in [5, 5.41) is 8.44. The van der Waals surface area contributed by atoms with Crippen molar-refractivity contribution in [3.63, 3.8) is 0 Å². The van der Waals surface area contributed by atoms with Gasteiger partial charge in [-0.25, -0.2) is 4.68 Å². The first-order valence-electron chi connectivity index (χ1n) is 6.86. The molecule has 2 N–H and O–H groups in total. The molecule has 3 aromatic rings. The van der Waals surface area contributed by atoms with Gasteiger partial charge in [-0.2, -0.15) is 0 Å². The fraction of sp³-hybridized carbons (Fsp3) is 0.188. The van der Waals surface area contributed by atoms with E-state index in [1.54, 1.807) is 12.4 Å². The minimum Gasteiger partial charge on any atom is -0.325 e. The van der Waals surface area contributed by atoms with E-state index in [0.717, 1.165) is 17.0 Å². The lowest BCUT2D eigenvalue weighted by Gasteiger charge is -2.08. The van der Waals surface area contributed by atoms with Crippen LogP contribution in [0.1, 0.15) is 16.8 Å². The van der Waals surface area contributed by atoms with E-state index in [2.05, 4.69) is 46.5 Å². The molecule has 21 heavy (non-hydrogen) atoms. The van der Waals surface area contributed by atoms with Crippen LogP contribution in [0.4, 0.5) is 0 Å². The number of rotatable bonds is 4. The van der Waals surface area contributed by atoms with Crippen molar-refractivity contribution in [2.75, 3.05) is 0 Å². The van der Waals surface area contributed by atoms with Gasteiger partial charge in [-0.05, 0) is 24.6 Å². The summed E-state index contributed by atoms with van der Waals surface area (Å²) in [5.41, 5.74) is 11.0. The second-order valence-corrected chi connectivity index (χ2v) is 4.97. The Kier molecular flexibility index (Phi) is 3.75. The number of benzene rings is 1. The maximum atomic E-state index is 5.78. The molecule has 0 saturated carbocycles. The second-order valence-electron chi connectivity index (χ2n) is 4.97. The predicted molar refractivity (Wildman–Crippen MR) is 81.4 cm³/mol. The van der Waals surface area contributed by atoms with Crippen LogP contribution in [-0.4, -0.2) is 20.0 Å². The van der Waals surface area contributed by atoms with Crippen LogP contribution in [0.3, 0.4) is 0 Å². The molecule has 0 fully saturated rings. The molecule has 2 aromatic heterocycles. The van der Waals surface area contributed by atoms with E-state index in [1.807, 2.05) is 16.8 Å². The minimum absolute atomic E-state index is 0.367. The van der Waals surface area contributed by atoms with Crippen molar-refractivity contribution in [3.05, 3.63) is 65.6 Å². The molecule has 0 aliphatic carbocycles. The van der Waals surface area contributed by atoms with E-state index < -0.39 is 0 Å². The molecule has 0 unspecified atom stereocenters. The molecule has 0 amide bonds. The minimum atomic E-state index is 0.367. The Balaban J connectivity index is 1.99. The first-order valence-corrected chi connectivity index (χ1v) is 6.86. The van der Waals surface area contributed by atoms with Crippen molar-refractivity contribution in [2.45, 2.75) is 20.0 Å². The molecular weight excluding hydrogens is 262 g/mol. The molecule has 0 spiro atoms. The Labute approximate surface area is 123 Å². The predicted octanol–water partition coefficient (Wildman–Crippen LogP) is 2.16. The summed E-state index contributed by atoms with van der Waals surface area (Å²) >= 11 is 0. The molecule has 2 heterocycles. The monoisotopic (exact) mass is 279 g/mol. The summed E-state index contributed by atoms with van der Waals surface area (Å²) in [6, 6.07) is 12.3. The summed E-state index contributed by atoms with van der Waals surface area (Å²) in [6.45, 7) is 3.12. The van der Waals surface area contributed by atoms with Gasteiger partial charge in [0, 0.05) is 24.5 Å². The van der Waals surface area contributed by atoms with Crippen LogP contribution >= 0.6 is 0 Å². The van der Waals surface area contributed by atoms with Gasteiger partial charge in [0.1, 0.15) is 5.69 Å². The Bertz CT molecular complexity index is 716. The highest BCUT2D eigenvalue weighted by molar-refractivity contribution is 5.61. The first-order chi connectivity index (χ1) is 10.3. The number of hydrogen-bond donors (Lipinski definition) is 1. The van der Waals surface area contributed by atoms with Crippen LogP contribution in [0.25, 0.3) is 11.3 Å². The van der Waals surface area contributed by atoms with Crippen LogP contribution in [0, 0.1) is 6.92 Å². The molecule has 0 atom stereocenters. The van der Waals surface area contributed by atoms with Gasteiger partial charge in [-0.15, -0.1) is 5.10 Å². The highest BCUT2D eigenvalue weighted by atomic mass is 15.4. The molecule has 0 bridgehead atoms. The Hall–Kier alpha value is -2.53. The largest absolute Gasteiger partial charge is 0.325 e. The highest BCUT2D eigenvalue weighted by Crippen LogP contribution is 2.22. The lowest BCUT2D eigenvalue weighted by molar-refractivity contribution is 0.654. The van der Waals surface area contributed by atoms with Crippen LogP contribution in [-0.2, 0) is 13.1 Å². The summed E-state index contributed by atoms with van der Waals surface area (Å²) in [6.07, 6.45) is 3.53. The summed E-state index contributed by atoms with van der Waals surface area (Å²) < 4.78 is 1.89. The van der Waals surface area contributed by atoms with Gasteiger partial charge in [0.15, 0.2) is 0 Å². The Morgan fingerprint density at radius 1 is 1.05 bits per heavy atom.